The second kappa shape index (κ2) is 13.5. The zero-order valence-corrected chi connectivity index (χ0v) is 26.0. The van der Waals surface area contributed by atoms with Gasteiger partial charge in [0.05, 0.1) is 17.4 Å². The minimum Gasteiger partial charge on any atom is -0.341 e. The number of likely N-dealkylation sites (tertiary alicyclic amines) is 1. The molecular formula is C29H35ClF7N3O3S. The van der Waals surface area contributed by atoms with Gasteiger partial charge in [-0.15, -0.1) is 12.4 Å². The first-order chi connectivity index (χ1) is 19.8. The average Bonchev–Trinajstić information content (AvgIpc) is 2.91. The second-order valence-corrected chi connectivity index (χ2v) is 13.5. The van der Waals surface area contributed by atoms with Gasteiger partial charge in [0.2, 0.25) is 15.9 Å². The summed E-state index contributed by atoms with van der Waals surface area (Å²) >= 11 is 0. The summed E-state index contributed by atoms with van der Waals surface area (Å²) < 4.78 is 120. The molecule has 0 N–H and O–H groups in total. The molecule has 2 aromatic carbocycles. The van der Waals surface area contributed by atoms with Gasteiger partial charge in [0.25, 0.3) is 0 Å². The van der Waals surface area contributed by atoms with Crippen molar-refractivity contribution in [3.8, 4) is 0 Å². The fourth-order valence-electron chi connectivity index (χ4n) is 6.26. The molecule has 0 radical (unpaired) electrons. The summed E-state index contributed by atoms with van der Waals surface area (Å²) in [6.07, 6.45) is -7.30. The van der Waals surface area contributed by atoms with Crippen LogP contribution < -0.4 is 0 Å². The number of benzene rings is 2. The van der Waals surface area contributed by atoms with Crippen LogP contribution in [0.5, 0.6) is 0 Å². The number of hydrogen-bond acceptors (Lipinski definition) is 4. The van der Waals surface area contributed by atoms with E-state index in [1.54, 1.807) is 13.0 Å². The lowest BCUT2D eigenvalue weighted by Gasteiger charge is -2.45. The van der Waals surface area contributed by atoms with Crippen molar-refractivity contribution in [2.45, 2.75) is 57.0 Å². The summed E-state index contributed by atoms with van der Waals surface area (Å²) in [5.74, 6) is -1.97. The van der Waals surface area contributed by atoms with Crippen LogP contribution in [0.4, 0.5) is 30.7 Å². The Hall–Kier alpha value is -2.42. The van der Waals surface area contributed by atoms with Crippen molar-refractivity contribution in [1.29, 1.82) is 0 Å². The minimum absolute atomic E-state index is 0. The Morgan fingerprint density at radius 2 is 1.50 bits per heavy atom. The van der Waals surface area contributed by atoms with Crippen molar-refractivity contribution in [2.75, 3.05) is 39.5 Å². The summed E-state index contributed by atoms with van der Waals surface area (Å²) in [4.78, 5) is 17.1. The molecule has 2 heterocycles. The molecule has 246 valence electrons. The molecule has 2 aromatic rings. The fourth-order valence-corrected chi connectivity index (χ4v) is 7.13. The zero-order chi connectivity index (χ0) is 31.9. The smallest absolute Gasteiger partial charge is 0.341 e. The SMILES string of the molecule is Cc1cc(F)ccc1[C@@H]1CN(C2CCN(S(C)(=O)=O)CC2)CC[C@H]1C(=O)N(C)Cc1cc(C(F)(F)F)cc(C(F)(F)F)c1.Cl. The fraction of sp³-hybridized carbons (Fsp3) is 0.552. The van der Waals surface area contributed by atoms with Crippen molar-refractivity contribution >= 4 is 28.3 Å². The molecule has 2 atom stereocenters. The Balaban J connectivity index is 0.00000529. The maximum Gasteiger partial charge on any atom is 0.416 e. The van der Waals surface area contributed by atoms with E-state index >= 15 is 0 Å². The van der Waals surface area contributed by atoms with Crippen molar-refractivity contribution in [3.05, 3.63) is 70.0 Å². The summed E-state index contributed by atoms with van der Waals surface area (Å²) in [6.45, 7) is 2.87. The molecule has 15 heteroatoms. The highest BCUT2D eigenvalue weighted by Crippen LogP contribution is 2.39. The highest BCUT2D eigenvalue weighted by Gasteiger charge is 2.41. The van der Waals surface area contributed by atoms with E-state index in [4.69, 9.17) is 0 Å². The highest BCUT2D eigenvalue weighted by atomic mass is 35.5. The van der Waals surface area contributed by atoms with Gasteiger partial charge in [-0.1, -0.05) is 6.07 Å². The first-order valence-electron chi connectivity index (χ1n) is 13.8. The molecule has 2 saturated heterocycles. The normalized spacial score (nSPS) is 21.1. The van der Waals surface area contributed by atoms with E-state index in [9.17, 15) is 43.9 Å². The standard InChI is InChI=1S/C29H34F7N3O3S.ClH/c1-18-12-22(30)4-5-24(18)26-17-38(23-6-10-39(11-7-23)43(3,41)42)9-8-25(26)27(40)37(2)16-19-13-20(28(31,32)33)15-21(14-19)29(34,35)36;/h4-5,12-15,23,25-26H,6-11,16-17H2,1-3H3;1H/t25-,26+;/m1./s1. The van der Waals surface area contributed by atoms with Crippen LogP contribution in [-0.2, 0) is 33.7 Å². The predicted octanol–water partition coefficient (Wildman–Crippen LogP) is 6.08. The van der Waals surface area contributed by atoms with Gasteiger partial charge in [0.1, 0.15) is 5.82 Å². The van der Waals surface area contributed by atoms with Crippen LogP contribution in [0.15, 0.2) is 36.4 Å². The lowest BCUT2D eigenvalue weighted by Crippen LogP contribution is -2.52. The zero-order valence-electron chi connectivity index (χ0n) is 24.4. The van der Waals surface area contributed by atoms with E-state index in [0.717, 1.165) is 16.7 Å². The van der Waals surface area contributed by atoms with Crippen molar-refractivity contribution in [2.24, 2.45) is 5.92 Å². The quantitative estimate of drug-likeness (QED) is 0.349. The maximum atomic E-state index is 14.0. The van der Waals surface area contributed by atoms with Gasteiger partial charge in [0.15, 0.2) is 0 Å². The third kappa shape index (κ3) is 8.43. The number of alkyl halides is 6. The number of sulfonamides is 1. The molecule has 2 aliphatic rings. The van der Waals surface area contributed by atoms with Gasteiger partial charge in [-0.25, -0.2) is 17.1 Å². The minimum atomic E-state index is -5.01. The van der Waals surface area contributed by atoms with Gasteiger partial charge in [-0.3, -0.25) is 9.69 Å². The van der Waals surface area contributed by atoms with Crippen LogP contribution in [0, 0.1) is 18.7 Å². The number of rotatable bonds is 6. The third-order valence-corrected chi connectivity index (χ3v) is 9.75. The van der Waals surface area contributed by atoms with Crippen LogP contribution >= 0.6 is 12.4 Å². The molecule has 0 saturated carbocycles. The van der Waals surface area contributed by atoms with Crippen LogP contribution in [0.1, 0.15) is 53.0 Å². The monoisotopic (exact) mass is 673 g/mol. The Kier molecular flexibility index (Phi) is 11.1. The first kappa shape index (κ1) is 36.1. The Labute approximate surface area is 258 Å². The van der Waals surface area contributed by atoms with Crippen molar-refractivity contribution in [3.63, 3.8) is 0 Å². The highest BCUT2D eigenvalue weighted by molar-refractivity contribution is 7.88. The van der Waals surface area contributed by atoms with Crippen LogP contribution in [0.2, 0.25) is 0 Å². The van der Waals surface area contributed by atoms with E-state index in [2.05, 4.69) is 4.90 Å². The topological polar surface area (TPSA) is 60.9 Å². The Morgan fingerprint density at radius 3 is 2.00 bits per heavy atom. The Bertz CT molecular complexity index is 1410. The molecule has 0 bridgehead atoms. The molecular weight excluding hydrogens is 639 g/mol. The summed E-state index contributed by atoms with van der Waals surface area (Å²) in [5, 5.41) is 0. The molecule has 4 rings (SSSR count). The summed E-state index contributed by atoms with van der Waals surface area (Å²) in [5.41, 5.74) is -1.86. The second-order valence-electron chi connectivity index (χ2n) is 11.5. The lowest BCUT2D eigenvalue weighted by molar-refractivity contribution is -0.143. The van der Waals surface area contributed by atoms with Gasteiger partial charge in [-0.05, 0) is 79.8 Å². The van der Waals surface area contributed by atoms with Crippen molar-refractivity contribution < 1.29 is 43.9 Å². The van der Waals surface area contributed by atoms with Crippen LogP contribution in [0.25, 0.3) is 0 Å². The summed E-state index contributed by atoms with van der Waals surface area (Å²) in [7, 11) is -1.97. The van der Waals surface area contributed by atoms with Gasteiger partial charge in [0, 0.05) is 51.1 Å². The molecule has 0 unspecified atom stereocenters. The number of aryl methyl sites for hydroxylation is 1. The van der Waals surface area contributed by atoms with E-state index < -0.39 is 63.6 Å². The first-order valence-corrected chi connectivity index (χ1v) is 15.7. The van der Waals surface area contributed by atoms with E-state index in [1.165, 1.54) is 23.5 Å². The third-order valence-electron chi connectivity index (χ3n) is 8.45. The van der Waals surface area contributed by atoms with Gasteiger partial charge < -0.3 is 4.90 Å². The van der Waals surface area contributed by atoms with Crippen LogP contribution in [0.3, 0.4) is 0 Å². The number of carbonyl (C=O) groups excluding carboxylic acids is 1. The molecule has 0 aliphatic carbocycles. The summed E-state index contributed by atoms with van der Waals surface area (Å²) in [6, 6.07) is 5.59. The molecule has 2 aliphatic heterocycles. The molecule has 2 fully saturated rings. The Morgan fingerprint density at radius 1 is 0.932 bits per heavy atom. The lowest BCUT2D eigenvalue weighted by atomic mass is 9.77. The molecule has 6 nitrogen and oxygen atoms in total. The number of amides is 1. The molecule has 44 heavy (non-hydrogen) atoms. The number of nitrogens with zero attached hydrogens (tertiary/aromatic N) is 3. The molecule has 0 aromatic heterocycles. The van der Waals surface area contributed by atoms with Crippen molar-refractivity contribution in [1.82, 2.24) is 14.1 Å². The van der Waals surface area contributed by atoms with Gasteiger partial charge >= 0.3 is 12.4 Å². The molecule has 0 spiro atoms. The number of carbonyl (C=O) groups is 1. The number of hydrogen-bond donors (Lipinski definition) is 0. The predicted molar refractivity (Wildman–Crippen MR) is 153 cm³/mol. The average molecular weight is 674 g/mol. The number of halogens is 8. The van der Waals surface area contributed by atoms with E-state index in [0.29, 0.717) is 63.1 Å². The van der Waals surface area contributed by atoms with Gasteiger partial charge in [-0.2, -0.15) is 26.3 Å². The number of piperidine rings is 2. The maximum absolute atomic E-state index is 14.0. The molecule has 1 amide bonds. The largest absolute Gasteiger partial charge is 0.416 e. The van der Waals surface area contributed by atoms with Crippen LogP contribution in [-0.4, -0.2) is 74.0 Å². The van der Waals surface area contributed by atoms with E-state index in [-0.39, 0.29) is 30.1 Å². The van der Waals surface area contributed by atoms with E-state index in [1.807, 2.05) is 0 Å².